The summed E-state index contributed by atoms with van der Waals surface area (Å²) in [5.41, 5.74) is 0. The van der Waals surface area contributed by atoms with Crippen LogP contribution in [0.3, 0.4) is 0 Å². The molecule has 0 spiro atoms. The maximum absolute atomic E-state index is 12.1. The van der Waals surface area contributed by atoms with Gasteiger partial charge in [-0.05, 0) is 30.6 Å². The monoisotopic (exact) mass is 229 g/mol. The molecule has 0 aromatic heterocycles. The molecule has 2 aliphatic carbocycles. The molecule has 1 radical (unpaired) electrons. The number of rotatable bonds is 4. The fourth-order valence-electron chi connectivity index (χ4n) is 1.96. The summed E-state index contributed by atoms with van der Waals surface area (Å²) >= 11 is 0. The third-order valence-electron chi connectivity index (χ3n) is 2.93. The standard InChI is InChI=1S/C9H10F5O/c10-8(11)7-2-6(7)5-1-4(5)3-15-9(12,13)14/h4,6-8H,1-3H2. The van der Waals surface area contributed by atoms with Gasteiger partial charge in [0.25, 0.3) is 0 Å². The molecule has 2 fully saturated rings. The predicted molar refractivity (Wildman–Crippen MR) is 41.0 cm³/mol. The zero-order valence-corrected chi connectivity index (χ0v) is 7.73. The molecule has 15 heavy (non-hydrogen) atoms. The van der Waals surface area contributed by atoms with Gasteiger partial charge in [0.1, 0.15) is 0 Å². The molecule has 0 amide bonds. The molecule has 3 unspecified atom stereocenters. The molecular weight excluding hydrogens is 219 g/mol. The maximum atomic E-state index is 12.1. The van der Waals surface area contributed by atoms with Gasteiger partial charge in [-0.2, -0.15) is 0 Å². The quantitative estimate of drug-likeness (QED) is 0.673. The Kier molecular flexibility index (Phi) is 2.65. The highest BCUT2D eigenvalue weighted by Gasteiger charge is 2.57. The lowest BCUT2D eigenvalue weighted by Gasteiger charge is -2.06. The van der Waals surface area contributed by atoms with Crippen LogP contribution in [-0.4, -0.2) is 19.4 Å². The molecule has 0 heterocycles. The van der Waals surface area contributed by atoms with E-state index >= 15 is 0 Å². The third-order valence-corrected chi connectivity index (χ3v) is 2.93. The summed E-state index contributed by atoms with van der Waals surface area (Å²) in [5.74, 6) is -0.173. The van der Waals surface area contributed by atoms with Crippen molar-refractivity contribution in [2.24, 2.45) is 17.8 Å². The number of hydrogen-bond acceptors (Lipinski definition) is 1. The minimum atomic E-state index is -4.61. The van der Waals surface area contributed by atoms with Crippen molar-refractivity contribution in [1.82, 2.24) is 0 Å². The zero-order chi connectivity index (χ0) is 11.2. The molecule has 0 aromatic carbocycles. The van der Waals surface area contributed by atoms with Crippen LogP contribution in [0, 0.1) is 23.7 Å². The largest absolute Gasteiger partial charge is 0.522 e. The Balaban J connectivity index is 1.65. The molecule has 2 rings (SSSR count). The first kappa shape index (κ1) is 11.1. The Hall–Kier alpha value is -0.390. The molecule has 0 bridgehead atoms. The lowest BCUT2D eigenvalue weighted by atomic mass is 10.2. The summed E-state index contributed by atoms with van der Waals surface area (Å²) < 4.78 is 62.8. The number of ether oxygens (including phenoxy) is 1. The summed E-state index contributed by atoms with van der Waals surface area (Å²) in [6, 6.07) is 0. The highest BCUT2D eigenvalue weighted by atomic mass is 19.4. The van der Waals surface area contributed by atoms with E-state index in [0.717, 1.165) is 5.92 Å². The van der Waals surface area contributed by atoms with Gasteiger partial charge < -0.3 is 0 Å². The number of hydrogen-bond donors (Lipinski definition) is 0. The van der Waals surface area contributed by atoms with Crippen LogP contribution in [0.5, 0.6) is 0 Å². The molecule has 0 N–H and O–H groups in total. The molecule has 2 aliphatic rings. The molecule has 2 saturated carbocycles. The Morgan fingerprint density at radius 1 is 1.33 bits per heavy atom. The number of alkyl halides is 5. The molecule has 0 saturated heterocycles. The van der Waals surface area contributed by atoms with Gasteiger partial charge in [0.05, 0.1) is 6.61 Å². The highest BCUT2D eigenvalue weighted by Crippen LogP contribution is 2.61. The summed E-state index contributed by atoms with van der Waals surface area (Å²) in [4.78, 5) is 0. The second-order valence-corrected chi connectivity index (χ2v) is 4.07. The lowest BCUT2D eigenvalue weighted by molar-refractivity contribution is -0.325. The van der Waals surface area contributed by atoms with Gasteiger partial charge >= 0.3 is 6.36 Å². The van der Waals surface area contributed by atoms with E-state index in [0.29, 0.717) is 12.8 Å². The van der Waals surface area contributed by atoms with Crippen molar-refractivity contribution >= 4 is 0 Å². The van der Waals surface area contributed by atoms with E-state index in [1.54, 1.807) is 0 Å². The van der Waals surface area contributed by atoms with Gasteiger partial charge in [-0.15, -0.1) is 13.2 Å². The Bertz CT molecular complexity index is 239. The van der Waals surface area contributed by atoms with Crippen molar-refractivity contribution in [3.05, 3.63) is 5.92 Å². The van der Waals surface area contributed by atoms with Crippen molar-refractivity contribution in [3.63, 3.8) is 0 Å². The van der Waals surface area contributed by atoms with Crippen molar-refractivity contribution in [2.45, 2.75) is 25.6 Å². The first-order chi connectivity index (χ1) is 6.88. The average Bonchev–Trinajstić information content (AvgIpc) is 2.94. The van der Waals surface area contributed by atoms with Crippen molar-refractivity contribution in [1.29, 1.82) is 0 Å². The van der Waals surface area contributed by atoms with E-state index in [9.17, 15) is 22.0 Å². The van der Waals surface area contributed by atoms with Crippen molar-refractivity contribution < 1.29 is 26.7 Å². The lowest BCUT2D eigenvalue weighted by Crippen LogP contribution is -2.15. The fraction of sp³-hybridized carbons (Fsp3) is 0.889. The summed E-state index contributed by atoms with van der Waals surface area (Å²) in [6.45, 7) is -0.411. The van der Waals surface area contributed by atoms with Gasteiger partial charge in [-0.25, -0.2) is 8.78 Å². The molecule has 0 aromatic rings. The Morgan fingerprint density at radius 3 is 2.47 bits per heavy atom. The first-order valence-electron chi connectivity index (χ1n) is 4.73. The summed E-state index contributed by atoms with van der Waals surface area (Å²) in [6.07, 6.45) is -6.01. The van der Waals surface area contributed by atoms with Gasteiger partial charge in [-0.3, -0.25) is 4.74 Å². The Labute approximate surface area is 83.6 Å². The van der Waals surface area contributed by atoms with Crippen LogP contribution in [-0.2, 0) is 4.74 Å². The second-order valence-electron chi connectivity index (χ2n) is 4.07. The van der Waals surface area contributed by atoms with Crippen LogP contribution in [0.4, 0.5) is 22.0 Å². The van der Waals surface area contributed by atoms with Crippen LogP contribution in [0.25, 0.3) is 0 Å². The Morgan fingerprint density at radius 2 is 2.00 bits per heavy atom. The topological polar surface area (TPSA) is 9.23 Å². The second kappa shape index (κ2) is 3.57. The van der Waals surface area contributed by atoms with Crippen LogP contribution in [0.15, 0.2) is 0 Å². The van der Waals surface area contributed by atoms with Crippen molar-refractivity contribution in [3.8, 4) is 0 Å². The van der Waals surface area contributed by atoms with Gasteiger partial charge in [0.15, 0.2) is 0 Å². The SMILES string of the molecule is FC(F)C1CC1[C]1CC1COC(F)(F)F. The molecule has 0 aliphatic heterocycles. The van der Waals surface area contributed by atoms with Crippen LogP contribution in [0.1, 0.15) is 12.8 Å². The van der Waals surface area contributed by atoms with Gasteiger partial charge in [0, 0.05) is 5.92 Å². The molecule has 6 heteroatoms. The highest BCUT2D eigenvalue weighted by molar-refractivity contribution is 5.24. The van der Waals surface area contributed by atoms with Gasteiger partial charge in [0.2, 0.25) is 6.43 Å². The zero-order valence-electron chi connectivity index (χ0n) is 7.73. The van der Waals surface area contributed by atoms with E-state index in [-0.39, 0.29) is 11.8 Å². The smallest absolute Gasteiger partial charge is 0.292 e. The van der Waals surface area contributed by atoms with E-state index in [1.165, 1.54) is 0 Å². The molecular formula is C9H10F5O. The van der Waals surface area contributed by atoms with Crippen LogP contribution >= 0.6 is 0 Å². The van der Waals surface area contributed by atoms with Crippen LogP contribution in [0.2, 0.25) is 0 Å². The number of halogens is 5. The first-order valence-corrected chi connectivity index (χ1v) is 4.73. The van der Waals surface area contributed by atoms with E-state index < -0.39 is 25.3 Å². The van der Waals surface area contributed by atoms with E-state index in [4.69, 9.17) is 0 Å². The molecule has 1 nitrogen and oxygen atoms in total. The maximum Gasteiger partial charge on any atom is 0.522 e. The van der Waals surface area contributed by atoms with E-state index in [2.05, 4.69) is 4.74 Å². The summed E-state index contributed by atoms with van der Waals surface area (Å²) in [5, 5.41) is 0. The predicted octanol–water partition coefficient (Wildman–Crippen LogP) is 3.02. The van der Waals surface area contributed by atoms with Crippen molar-refractivity contribution in [2.75, 3.05) is 6.61 Å². The minimum absolute atomic E-state index is 0.146. The average molecular weight is 229 g/mol. The normalized spacial score (nSPS) is 36.0. The molecule has 3 atom stereocenters. The fourth-order valence-corrected chi connectivity index (χ4v) is 1.96. The minimum Gasteiger partial charge on any atom is -0.292 e. The summed E-state index contributed by atoms with van der Waals surface area (Å²) in [7, 11) is 0. The van der Waals surface area contributed by atoms with Gasteiger partial charge in [-0.1, -0.05) is 0 Å². The third kappa shape index (κ3) is 2.80. The molecule has 87 valence electrons. The van der Waals surface area contributed by atoms with Crippen LogP contribution < -0.4 is 0 Å². The van der Waals surface area contributed by atoms with E-state index in [1.807, 2.05) is 0 Å².